The monoisotopic (exact) mass is 354 g/mol. The number of ketones is 1. The van der Waals surface area contributed by atoms with Crippen LogP contribution in [0, 0.1) is 5.82 Å². The maximum Gasteiger partial charge on any atom is 0.339 e. The molecule has 7 heteroatoms. The van der Waals surface area contributed by atoms with E-state index in [0.29, 0.717) is 22.2 Å². The van der Waals surface area contributed by atoms with E-state index in [1.165, 1.54) is 38.3 Å². The second kappa shape index (κ2) is 6.79. The van der Waals surface area contributed by atoms with Crippen molar-refractivity contribution in [2.24, 2.45) is 0 Å². The Morgan fingerprint density at radius 1 is 1.19 bits per heavy atom. The number of benzene rings is 2. The van der Waals surface area contributed by atoms with Crippen LogP contribution in [0.5, 0.6) is 5.75 Å². The molecule has 0 radical (unpaired) electrons. The third kappa shape index (κ3) is 3.06. The SMILES string of the molecule is COc1c(C(=O)O)ccc2n[nH]c(/C=C/c3ccc(F)c(C(C)=O)c3)c12. The molecule has 0 saturated heterocycles. The number of nitrogens with zero attached hydrogens (tertiary/aromatic N) is 1. The Kier molecular flexibility index (Phi) is 4.53. The molecule has 2 aromatic carbocycles. The number of carbonyl (C=O) groups is 2. The van der Waals surface area contributed by atoms with Crippen molar-refractivity contribution >= 4 is 34.8 Å². The van der Waals surface area contributed by atoms with Crippen LogP contribution >= 0.6 is 0 Å². The molecule has 3 rings (SSSR count). The summed E-state index contributed by atoms with van der Waals surface area (Å²) >= 11 is 0. The van der Waals surface area contributed by atoms with E-state index < -0.39 is 11.8 Å². The van der Waals surface area contributed by atoms with Crippen LogP contribution < -0.4 is 4.74 Å². The van der Waals surface area contributed by atoms with Crippen LogP contribution in [0.4, 0.5) is 4.39 Å². The summed E-state index contributed by atoms with van der Waals surface area (Å²) in [5.41, 5.74) is 1.74. The van der Waals surface area contributed by atoms with Crippen molar-refractivity contribution in [2.75, 3.05) is 7.11 Å². The van der Waals surface area contributed by atoms with Crippen molar-refractivity contribution in [1.29, 1.82) is 0 Å². The van der Waals surface area contributed by atoms with Crippen LogP contribution in [0.15, 0.2) is 30.3 Å². The molecule has 0 aliphatic rings. The van der Waals surface area contributed by atoms with E-state index in [4.69, 9.17) is 4.74 Å². The summed E-state index contributed by atoms with van der Waals surface area (Å²) in [4.78, 5) is 22.8. The predicted molar refractivity (Wildman–Crippen MR) is 94.9 cm³/mol. The minimum atomic E-state index is -1.11. The van der Waals surface area contributed by atoms with Gasteiger partial charge in [0.1, 0.15) is 17.1 Å². The Hall–Kier alpha value is -3.48. The standard InChI is InChI=1S/C19H15FN2O4/c1-10(23)13-9-11(3-6-14(13)20)4-7-15-17-16(22-21-15)8-5-12(19(24)25)18(17)26-2/h3-9H,1-2H3,(H,21,22)(H,24,25)/b7-4+. The number of H-pyrrole nitrogens is 1. The number of carbonyl (C=O) groups excluding carboxylic acids is 1. The van der Waals surface area contributed by atoms with Crippen molar-refractivity contribution in [3.63, 3.8) is 0 Å². The van der Waals surface area contributed by atoms with Gasteiger partial charge in [0, 0.05) is 0 Å². The Balaban J connectivity index is 2.08. The van der Waals surface area contributed by atoms with Crippen molar-refractivity contribution in [3.8, 4) is 5.75 Å². The van der Waals surface area contributed by atoms with Gasteiger partial charge in [0.25, 0.3) is 0 Å². The zero-order chi connectivity index (χ0) is 18.8. The highest BCUT2D eigenvalue weighted by Crippen LogP contribution is 2.32. The van der Waals surface area contributed by atoms with Gasteiger partial charge in [0.05, 0.1) is 29.3 Å². The average molecular weight is 354 g/mol. The van der Waals surface area contributed by atoms with E-state index in [2.05, 4.69) is 10.2 Å². The molecule has 2 N–H and O–H groups in total. The molecular weight excluding hydrogens is 339 g/mol. The normalized spacial score (nSPS) is 11.2. The molecular formula is C19H15FN2O4. The van der Waals surface area contributed by atoms with E-state index in [1.54, 1.807) is 18.2 Å². The second-order valence-corrected chi connectivity index (χ2v) is 5.61. The third-order valence-electron chi connectivity index (χ3n) is 3.95. The zero-order valence-electron chi connectivity index (χ0n) is 14.0. The lowest BCUT2D eigenvalue weighted by molar-refractivity contribution is 0.0693. The molecule has 132 valence electrons. The van der Waals surface area contributed by atoms with Crippen molar-refractivity contribution in [2.45, 2.75) is 6.92 Å². The summed E-state index contributed by atoms with van der Waals surface area (Å²) in [6.45, 7) is 1.30. The van der Waals surface area contributed by atoms with Gasteiger partial charge in [-0.05, 0) is 42.8 Å². The third-order valence-corrected chi connectivity index (χ3v) is 3.95. The number of fused-ring (bicyclic) bond motifs is 1. The maximum absolute atomic E-state index is 13.6. The molecule has 3 aromatic rings. The number of rotatable bonds is 5. The number of aromatic amines is 1. The van der Waals surface area contributed by atoms with Gasteiger partial charge < -0.3 is 9.84 Å². The first-order valence-corrected chi connectivity index (χ1v) is 7.69. The number of ether oxygens (including phenoxy) is 1. The summed E-state index contributed by atoms with van der Waals surface area (Å²) in [6, 6.07) is 7.23. The number of Topliss-reactive ketones (excluding diaryl/α,β-unsaturated/α-hetero) is 1. The lowest BCUT2D eigenvalue weighted by Crippen LogP contribution is -2.00. The largest absolute Gasteiger partial charge is 0.495 e. The van der Waals surface area contributed by atoms with Gasteiger partial charge in [0.2, 0.25) is 0 Å². The van der Waals surface area contributed by atoms with Crippen LogP contribution in [-0.4, -0.2) is 34.2 Å². The molecule has 6 nitrogen and oxygen atoms in total. The number of hydrogen-bond acceptors (Lipinski definition) is 4. The van der Waals surface area contributed by atoms with Gasteiger partial charge in [0.15, 0.2) is 5.78 Å². The minimum absolute atomic E-state index is 0.00682. The molecule has 0 spiro atoms. The molecule has 0 bridgehead atoms. The van der Waals surface area contributed by atoms with Gasteiger partial charge in [-0.2, -0.15) is 5.10 Å². The molecule has 0 unspecified atom stereocenters. The highest BCUT2D eigenvalue weighted by Gasteiger charge is 2.18. The number of carboxylic acid groups (broad SMARTS) is 1. The number of hydrogen-bond donors (Lipinski definition) is 2. The van der Waals surface area contributed by atoms with Crippen LogP contribution in [0.3, 0.4) is 0 Å². The molecule has 26 heavy (non-hydrogen) atoms. The number of aromatic nitrogens is 2. The van der Waals surface area contributed by atoms with E-state index in [9.17, 15) is 19.1 Å². The highest BCUT2D eigenvalue weighted by atomic mass is 19.1. The van der Waals surface area contributed by atoms with Crippen molar-refractivity contribution < 1.29 is 23.8 Å². The van der Waals surface area contributed by atoms with E-state index >= 15 is 0 Å². The van der Waals surface area contributed by atoms with Crippen molar-refractivity contribution in [1.82, 2.24) is 10.2 Å². The number of methoxy groups -OCH3 is 1. The number of halogens is 1. The Bertz CT molecular complexity index is 1050. The lowest BCUT2D eigenvalue weighted by atomic mass is 10.1. The zero-order valence-corrected chi connectivity index (χ0v) is 14.0. The molecule has 1 aromatic heterocycles. The molecule has 0 aliphatic heterocycles. The molecule has 1 heterocycles. The maximum atomic E-state index is 13.6. The number of carboxylic acids is 1. The highest BCUT2D eigenvalue weighted by molar-refractivity contribution is 6.03. The molecule has 0 fully saturated rings. The van der Waals surface area contributed by atoms with E-state index in [-0.39, 0.29) is 22.7 Å². The fourth-order valence-corrected chi connectivity index (χ4v) is 2.70. The van der Waals surface area contributed by atoms with Gasteiger partial charge in [-0.15, -0.1) is 0 Å². The van der Waals surface area contributed by atoms with Crippen LogP contribution in [0.1, 0.15) is 38.9 Å². The quantitative estimate of drug-likeness (QED) is 0.680. The fourth-order valence-electron chi connectivity index (χ4n) is 2.70. The Morgan fingerprint density at radius 2 is 1.96 bits per heavy atom. The predicted octanol–water partition coefficient (Wildman–Crippen LogP) is 3.78. The van der Waals surface area contributed by atoms with E-state index in [1.807, 2.05) is 0 Å². The summed E-state index contributed by atoms with van der Waals surface area (Å²) in [5.74, 6) is -1.84. The summed E-state index contributed by atoms with van der Waals surface area (Å²) in [5, 5.41) is 16.8. The van der Waals surface area contributed by atoms with Crippen LogP contribution in [-0.2, 0) is 0 Å². The summed E-state index contributed by atoms with van der Waals surface area (Å²) in [6.07, 6.45) is 3.34. The first-order valence-electron chi connectivity index (χ1n) is 7.69. The first-order chi connectivity index (χ1) is 12.4. The Morgan fingerprint density at radius 3 is 2.62 bits per heavy atom. The summed E-state index contributed by atoms with van der Waals surface area (Å²) < 4.78 is 18.9. The minimum Gasteiger partial charge on any atom is -0.495 e. The average Bonchev–Trinajstić information content (AvgIpc) is 3.03. The van der Waals surface area contributed by atoms with Gasteiger partial charge in [-0.25, -0.2) is 9.18 Å². The van der Waals surface area contributed by atoms with Crippen molar-refractivity contribution in [3.05, 3.63) is 58.5 Å². The van der Waals surface area contributed by atoms with E-state index in [0.717, 1.165) is 0 Å². The lowest BCUT2D eigenvalue weighted by Gasteiger charge is -2.06. The first kappa shape index (κ1) is 17.3. The fraction of sp³-hybridized carbons (Fsp3) is 0.105. The summed E-state index contributed by atoms with van der Waals surface area (Å²) in [7, 11) is 1.39. The Labute approximate surface area is 147 Å². The van der Waals surface area contributed by atoms with Gasteiger partial charge in [-0.1, -0.05) is 12.1 Å². The topological polar surface area (TPSA) is 92.3 Å². The van der Waals surface area contributed by atoms with Gasteiger partial charge in [-0.3, -0.25) is 9.89 Å². The number of nitrogens with one attached hydrogen (secondary N) is 1. The van der Waals surface area contributed by atoms with Crippen LogP contribution in [0.25, 0.3) is 23.1 Å². The molecule has 0 aliphatic carbocycles. The van der Waals surface area contributed by atoms with Crippen LogP contribution in [0.2, 0.25) is 0 Å². The van der Waals surface area contributed by atoms with Gasteiger partial charge >= 0.3 is 5.97 Å². The molecule has 0 saturated carbocycles. The molecule has 0 amide bonds. The second-order valence-electron chi connectivity index (χ2n) is 5.61. The smallest absolute Gasteiger partial charge is 0.339 e. The molecule has 0 atom stereocenters. The number of aromatic carboxylic acids is 1.